The number of hydrogen-bond donors (Lipinski definition) is 0. The highest BCUT2D eigenvalue weighted by molar-refractivity contribution is 6.23. The van der Waals surface area contributed by atoms with E-state index in [1.807, 2.05) is 18.3 Å². The fraction of sp³-hybridized carbons (Fsp3) is 0. The zero-order valence-corrected chi connectivity index (χ0v) is 24.8. The monoisotopic (exact) mass is 586 g/mol. The van der Waals surface area contributed by atoms with Gasteiger partial charge in [-0.2, -0.15) is 0 Å². The fourth-order valence-corrected chi connectivity index (χ4v) is 7.36. The summed E-state index contributed by atoms with van der Waals surface area (Å²) in [5, 5.41) is 8.37. The molecular weight excluding hydrogens is 560 g/mol. The second-order valence-electron chi connectivity index (χ2n) is 11.9. The van der Waals surface area contributed by atoms with Crippen LogP contribution in [0.2, 0.25) is 0 Å². The molecule has 0 aliphatic heterocycles. The summed E-state index contributed by atoms with van der Waals surface area (Å²) in [7, 11) is 0. The molecule has 10 aromatic rings. The Bertz CT molecular complexity index is 2810. The first-order chi connectivity index (χ1) is 22.8. The van der Waals surface area contributed by atoms with Crippen LogP contribution >= 0.6 is 0 Å². The first-order valence-corrected chi connectivity index (χ1v) is 15.6. The molecule has 46 heavy (non-hydrogen) atoms. The van der Waals surface area contributed by atoms with Gasteiger partial charge in [-0.15, -0.1) is 0 Å². The molecule has 0 saturated carbocycles. The fourth-order valence-electron chi connectivity index (χ4n) is 7.36. The minimum atomic E-state index is 0.676. The van der Waals surface area contributed by atoms with E-state index in [2.05, 4.69) is 149 Å². The predicted octanol–water partition coefficient (Wildman–Crippen LogP) is 10.6. The van der Waals surface area contributed by atoms with Crippen molar-refractivity contribution in [1.82, 2.24) is 19.1 Å². The molecule has 3 aromatic heterocycles. The van der Waals surface area contributed by atoms with E-state index in [9.17, 15) is 0 Å². The summed E-state index contributed by atoms with van der Waals surface area (Å²) >= 11 is 0. The van der Waals surface area contributed by atoms with E-state index >= 15 is 0 Å². The molecule has 0 amide bonds. The molecule has 4 nitrogen and oxygen atoms in total. The molecule has 10 rings (SSSR count). The van der Waals surface area contributed by atoms with E-state index in [0.29, 0.717) is 5.95 Å². The first-order valence-electron chi connectivity index (χ1n) is 15.6. The van der Waals surface area contributed by atoms with Crippen molar-refractivity contribution in [2.45, 2.75) is 0 Å². The molecule has 0 bridgehead atoms. The van der Waals surface area contributed by atoms with Crippen LogP contribution in [0.25, 0.3) is 88.0 Å². The lowest BCUT2D eigenvalue weighted by Crippen LogP contribution is -2.00. The number of benzene rings is 7. The Morgan fingerprint density at radius 3 is 2.04 bits per heavy atom. The Hall–Kier alpha value is -6.26. The van der Waals surface area contributed by atoms with Gasteiger partial charge in [0.25, 0.3) is 0 Å². The van der Waals surface area contributed by atoms with Crippen molar-refractivity contribution in [3.63, 3.8) is 0 Å². The molecule has 7 aromatic carbocycles. The van der Waals surface area contributed by atoms with Gasteiger partial charge in [-0.3, -0.25) is 4.57 Å². The lowest BCUT2D eigenvalue weighted by Gasteiger charge is -2.09. The van der Waals surface area contributed by atoms with Gasteiger partial charge < -0.3 is 4.57 Å². The predicted molar refractivity (Wildman–Crippen MR) is 191 cm³/mol. The van der Waals surface area contributed by atoms with Crippen molar-refractivity contribution in [3.8, 4) is 22.8 Å². The Kier molecular flexibility index (Phi) is 5.25. The second kappa shape index (κ2) is 9.62. The van der Waals surface area contributed by atoms with E-state index in [1.165, 1.54) is 54.5 Å². The maximum absolute atomic E-state index is 5.03. The quantitative estimate of drug-likeness (QED) is 0.206. The van der Waals surface area contributed by atoms with E-state index in [0.717, 1.165) is 27.6 Å². The standard InChI is InChI=1S/C42H26N4/c1-2-13-30(14-3-1)45-36-19-9-7-16-33(36)40-32(17-10-20-38(40)45)28-22-23-37-34(25-28)41-31-15-6-4-11-27(31)21-24-39(41)46(37)42-43-26-29-12-5-8-18-35(29)44-42/h1-26H. The van der Waals surface area contributed by atoms with Gasteiger partial charge >= 0.3 is 0 Å². The van der Waals surface area contributed by atoms with Crippen molar-refractivity contribution >= 4 is 65.3 Å². The summed E-state index contributed by atoms with van der Waals surface area (Å²) in [6.07, 6.45) is 1.92. The molecule has 214 valence electrons. The van der Waals surface area contributed by atoms with Crippen LogP contribution in [-0.4, -0.2) is 19.1 Å². The third-order valence-corrected chi connectivity index (χ3v) is 9.35. The first kappa shape index (κ1) is 25.1. The summed E-state index contributed by atoms with van der Waals surface area (Å²) in [6, 6.07) is 54.1. The number of nitrogens with zero attached hydrogens (tertiary/aromatic N) is 4. The summed E-state index contributed by atoms with van der Waals surface area (Å²) < 4.78 is 4.60. The number of hydrogen-bond acceptors (Lipinski definition) is 2. The zero-order valence-electron chi connectivity index (χ0n) is 24.8. The van der Waals surface area contributed by atoms with Crippen LogP contribution in [0.1, 0.15) is 0 Å². The Labute approximate surface area is 264 Å². The molecule has 0 aliphatic rings. The molecule has 0 spiro atoms. The SMILES string of the molecule is c1ccc(-n2c3ccccc3c3c(-c4ccc5c(c4)c4c6ccccc6ccc4n5-c4ncc5ccccc5n4)cccc32)cc1. The van der Waals surface area contributed by atoms with Crippen molar-refractivity contribution in [2.75, 3.05) is 0 Å². The van der Waals surface area contributed by atoms with E-state index < -0.39 is 0 Å². The number of fused-ring (bicyclic) bond motifs is 9. The van der Waals surface area contributed by atoms with Crippen LogP contribution in [-0.2, 0) is 0 Å². The van der Waals surface area contributed by atoms with Crippen LogP contribution in [0, 0.1) is 0 Å². The average Bonchev–Trinajstić information content (AvgIpc) is 3.65. The van der Waals surface area contributed by atoms with Gasteiger partial charge in [-0.25, -0.2) is 9.97 Å². The van der Waals surface area contributed by atoms with Gasteiger partial charge in [0.2, 0.25) is 5.95 Å². The maximum atomic E-state index is 5.03. The van der Waals surface area contributed by atoms with Crippen molar-refractivity contribution in [1.29, 1.82) is 0 Å². The van der Waals surface area contributed by atoms with Crippen LogP contribution in [0.5, 0.6) is 0 Å². The van der Waals surface area contributed by atoms with Gasteiger partial charge in [0.1, 0.15) is 0 Å². The molecule has 0 fully saturated rings. The lowest BCUT2D eigenvalue weighted by atomic mass is 9.97. The Balaban J connectivity index is 1.30. The van der Waals surface area contributed by atoms with Gasteiger partial charge in [0, 0.05) is 38.8 Å². The average molecular weight is 587 g/mol. The number of aromatic nitrogens is 4. The summed E-state index contributed by atoms with van der Waals surface area (Å²) in [6.45, 7) is 0. The highest BCUT2D eigenvalue weighted by Crippen LogP contribution is 2.42. The van der Waals surface area contributed by atoms with E-state index in [1.54, 1.807) is 0 Å². The Morgan fingerprint density at radius 1 is 0.435 bits per heavy atom. The molecule has 0 unspecified atom stereocenters. The summed E-state index contributed by atoms with van der Waals surface area (Å²) in [5.74, 6) is 0.676. The third-order valence-electron chi connectivity index (χ3n) is 9.35. The van der Waals surface area contributed by atoms with Crippen molar-refractivity contribution in [3.05, 3.63) is 158 Å². The van der Waals surface area contributed by atoms with Crippen LogP contribution in [0.3, 0.4) is 0 Å². The largest absolute Gasteiger partial charge is 0.309 e. The molecule has 0 aliphatic carbocycles. The summed E-state index contributed by atoms with van der Waals surface area (Å²) in [5.41, 5.74) is 9.07. The molecule has 0 saturated heterocycles. The zero-order chi connectivity index (χ0) is 30.2. The van der Waals surface area contributed by atoms with Gasteiger partial charge in [-0.1, -0.05) is 103 Å². The summed E-state index contributed by atoms with van der Waals surface area (Å²) in [4.78, 5) is 9.90. The van der Waals surface area contributed by atoms with Crippen LogP contribution in [0.15, 0.2) is 158 Å². The lowest BCUT2D eigenvalue weighted by molar-refractivity contribution is 1.01. The molecule has 3 heterocycles. The van der Waals surface area contributed by atoms with Crippen molar-refractivity contribution in [2.24, 2.45) is 0 Å². The highest BCUT2D eigenvalue weighted by Gasteiger charge is 2.20. The number of para-hydroxylation sites is 3. The minimum absolute atomic E-state index is 0.676. The molecule has 0 N–H and O–H groups in total. The van der Waals surface area contributed by atoms with Crippen LogP contribution < -0.4 is 0 Å². The van der Waals surface area contributed by atoms with Crippen molar-refractivity contribution < 1.29 is 0 Å². The maximum Gasteiger partial charge on any atom is 0.235 e. The van der Waals surface area contributed by atoms with E-state index in [-0.39, 0.29) is 0 Å². The smallest absolute Gasteiger partial charge is 0.235 e. The van der Waals surface area contributed by atoms with Gasteiger partial charge in [0.05, 0.1) is 27.6 Å². The minimum Gasteiger partial charge on any atom is -0.309 e. The number of rotatable bonds is 3. The second-order valence-corrected chi connectivity index (χ2v) is 11.9. The normalized spacial score (nSPS) is 11.9. The van der Waals surface area contributed by atoms with Gasteiger partial charge in [0.15, 0.2) is 0 Å². The topological polar surface area (TPSA) is 35.6 Å². The molecule has 4 heteroatoms. The Morgan fingerprint density at radius 2 is 1.13 bits per heavy atom. The van der Waals surface area contributed by atoms with Gasteiger partial charge in [-0.05, 0) is 70.4 Å². The molecule has 0 radical (unpaired) electrons. The molecular formula is C42H26N4. The third kappa shape index (κ3) is 3.55. The highest BCUT2D eigenvalue weighted by atomic mass is 15.2. The molecule has 0 atom stereocenters. The van der Waals surface area contributed by atoms with Crippen LogP contribution in [0.4, 0.5) is 0 Å². The van der Waals surface area contributed by atoms with E-state index in [4.69, 9.17) is 9.97 Å².